The lowest BCUT2D eigenvalue weighted by Crippen LogP contribution is -2.56. The van der Waals surface area contributed by atoms with Crippen LogP contribution in [0.2, 0.25) is 36.3 Å². The lowest BCUT2D eigenvalue weighted by Gasteiger charge is -2.45. The van der Waals surface area contributed by atoms with E-state index in [1.165, 1.54) is 0 Å². The molecule has 3 saturated heterocycles. The van der Waals surface area contributed by atoms with Crippen molar-refractivity contribution in [2.24, 2.45) is 0 Å². The first-order valence-corrected chi connectivity index (χ1v) is 29.0. The third kappa shape index (κ3) is 11.1. The Labute approximate surface area is 357 Å². The predicted molar refractivity (Wildman–Crippen MR) is 238 cm³/mol. The summed E-state index contributed by atoms with van der Waals surface area (Å²) in [6, 6.07) is 31.8. The first-order valence-electron chi connectivity index (χ1n) is 22.0. The van der Waals surface area contributed by atoms with Gasteiger partial charge < -0.3 is 32.5 Å². The average molecular weight is 867 g/mol. The molecule has 3 aliphatic heterocycles. The lowest BCUT2D eigenvalue weighted by molar-refractivity contribution is -0.202. The minimum absolute atomic E-state index is 0.0246. The molecule has 326 valence electrons. The summed E-state index contributed by atoms with van der Waals surface area (Å²) in [6.45, 7) is 19.6. The number of hydrogen-bond acceptors (Lipinski definition) is 9. The van der Waals surface area contributed by atoms with Crippen LogP contribution in [0.25, 0.3) is 0 Å². The Bertz CT molecular complexity index is 1830. The fourth-order valence-electron chi connectivity index (χ4n) is 8.50. The molecule has 0 bridgehead atoms. The van der Waals surface area contributed by atoms with Gasteiger partial charge in [0.2, 0.25) is 14.8 Å². The van der Waals surface area contributed by atoms with Gasteiger partial charge in [-0.2, -0.15) is 0 Å². The molecule has 0 aliphatic carbocycles. The molecule has 6 rings (SSSR count). The largest absolute Gasteiger partial charge is 0.411 e. The minimum Gasteiger partial charge on any atom is -0.411 e. The number of hydrogen-bond donors (Lipinski definition) is 0. The summed E-state index contributed by atoms with van der Waals surface area (Å²) >= 11 is 0. The van der Waals surface area contributed by atoms with Crippen molar-refractivity contribution >= 4 is 26.5 Å². The van der Waals surface area contributed by atoms with Crippen molar-refractivity contribution in [3.05, 3.63) is 102 Å². The van der Waals surface area contributed by atoms with Gasteiger partial charge in [-0.1, -0.05) is 120 Å². The van der Waals surface area contributed by atoms with Crippen molar-refractivity contribution in [1.29, 1.82) is 0 Å². The van der Waals surface area contributed by atoms with E-state index in [-0.39, 0.29) is 41.3 Å². The summed E-state index contributed by atoms with van der Waals surface area (Å²) in [5.74, 6) is 0. The second kappa shape index (κ2) is 19.9. The molecule has 2 unspecified atom stereocenters. The monoisotopic (exact) mass is 866 g/mol. The van der Waals surface area contributed by atoms with Gasteiger partial charge >= 0.3 is 0 Å². The zero-order valence-electron chi connectivity index (χ0n) is 36.8. The molecule has 3 aliphatic rings. The van der Waals surface area contributed by atoms with Crippen LogP contribution in [-0.4, -0.2) is 85.9 Å². The Morgan fingerprint density at radius 2 is 1.34 bits per heavy atom. The van der Waals surface area contributed by atoms with Crippen LogP contribution in [0.4, 0.5) is 0 Å². The SMILES string of the molecule is CC[Si](CC)(CC)O[C@@H]1C[C@H](OCc2ccccc2)[C@@H](COCc2ccccc2)O[C@H]1CC1(S(=O)(=O)c2ccccc2)OC1C[C@H]1OCCC[C@@H]1O[Si](C)(C)C(C)(C)C. The molecular weight excluding hydrogens is 797 g/mol. The lowest BCUT2D eigenvalue weighted by atomic mass is 9.93. The molecule has 8 atom stereocenters. The summed E-state index contributed by atoms with van der Waals surface area (Å²) in [4.78, 5) is -1.30. The molecule has 59 heavy (non-hydrogen) atoms. The molecule has 3 aromatic rings. The Morgan fingerprint density at radius 1 is 0.746 bits per heavy atom. The van der Waals surface area contributed by atoms with Gasteiger partial charge in [-0.15, -0.1) is 0 Å². The van der Waals surface area contributed by atoms with Crippen molar-refractivity contribution in [2.45, 2.75) is 176 Å². The molecule has 3 heterocycles. The van der Waals surface area contributed by atoms with Crippen LogP contribution in [0, 0.1) is 0 Å². The topological polar surface area (TPSA) is 102 Å². The first-order chi connectivity index (χ1) is 28.2. The van der Waals surface area contributed by atoms with Gasteiger partial charge in [0.05, 0.1) is 55.2 Å². The van der Waals surface area contributed by atoms with Gasteiger partial charge in [0, 0.05) is 25.9 Å². The van der Waals surface area contributed by atoms with E-state index in [0.29, 0.717) is 32.7 Å². The third-order valence-electron chi connectivity index (χ3n) is 13.5. The highest BCUT2D eigenvalue weighted by atomic mass is 32.2. The third-order valence-corrected chi connectivity index (χ3v) is 25.0. The van der Waals surface area contributed by atoms with Gasteiger partial charge in [-0.25, -0.2) is 8.42 Å². The second-order valence-corrected chi connectivity index (χ2v) is 30.0. The van der Waals surface area contributed by atoms with Gasteiger partial charge in [0.1, 0.15) is 12.2 Å². The van der Waals surface area contributed by atoms with Crippen LogP contribution in [0.3, 0.4) is 0 Å². The Morgan fingerprint density at radius 3 is 1.93 bits per heavy atom. The van der Waals surface area contributed by atoms with E-state index in [0.717, 1.165) is 42.1 Å². The fourth-order valence-corrected chi connectivity index (χ4v) is 14.8. The summed E-state index contributed by atoms with van der Waals surface area (Å²) in [6.07, 6.45) is 0.0102. The molecule has 0 radical (unpaired) electrons. The number of epoxide rings is 1. The van der Waals surface area contributed by atoms with Crippen LogP contribution in [-0.2, 0) is 55.6 Å². The normalized spacial score (nSPS) is 28.0. The average Bonchev–Trinajstić information content (AvgIpc) is 3.94. The molecular formula is C47H70O9SSi2. The smallest absolute Gasteiger partial charge is 0.210 e. The van der Waals surface area contributed by atoms with E-state index in [9.17, 15) is 0 Å². The van der Waals surface area contributed by atoms with E-state index in [1.807, 2.05) is 54.6 Å². The molecule has 3 fully saturated rings. The molecule has 9 nitrogen and oxygen atoms in total. The van der Waals surface area contributed by atoms with Gasteiger partial charge in [-0.3, -0.25) is 0 Å². The highest BCUT2D eigenvalue weighted by Crippen LogP contribution is 2.53. The number of benzene rings is 3. The van der Waals surface area contributed by atoms with Crippen LogP contribution in [0.1, 0.15) is 84.8 Å². The number of ether oxygens (including phenoxy) is 5. The molecule has 0 spiro atoms. The van der Waals surface area contributed by atoms with Crippen molar-refractivity contribution < 1.29 is 41.0 Å². The number of rotatable bonds is 20. The summed E-state index contributed by atoms with van der Waals surface area (Å²) in [5.41, 5.74) is 2.13. The van der Waals surface area contributed by atoms with E-state index >= 15 is 8.42 Å². The van der Waals surface area contributed by atoms with Crippen molar-refractivity contribution in [3.8, 4) is 0 Å². The molecule has 3 aromatic carbocycles. The quantitative estimate of drug-likeness (QED) is 0.0811. The second-order valence-electron chi connectivity index (χ2n) is 18.3. The highest BCUT2D eigenvalue weighted by Gasteiger charge is 2.68. The van der Waals surface area contributed by atoms with E-state index in [2.05, 4.69) is 66.8 Å². The molecule has 0 saturated carbocycles. The maximum absolute atomic E-state index is 15.1. The van der Waals surface area contributed by atoms with Gasteiger partial charge in [0.25, 0.3) is 0 Å². The van der Waals surface area contributed by atoms with Gasteiger partial charge in [-0.05, 0) is 72.4 Å². The number of sulfone groups is 1. The summed E-state index contributed by atoms with van der Waals surface area (Å²) in [5, 5.41) is 0.0246. The summed E-state index contributed by atoms with van der Waals surface area (Å²) in [7, 11) is -8.36. The molecule has 0 aromatic heterocycles. The van der Waals surface area contributed by atoms with E-state index in [1.54, 1.807) is 24.3 Å². The van der Waals surface area contributed by atoms with E-state index < -0.39 is 55.8 Å². The van der Waals surface area contributed by atoms with Crippen molar-refractivity contribution in [2.75, 3.05) is 13.2 Å². The Kier molecular flexibility index (Phi) is 15.6. The summed E-state index contributed by atoms with van der Waals surface area (Å²) < 4.78 is 77.7. The van der Waals surface area contributed by atoms with Crippen molar-refractivity contribution in [1.82, 2.24) is 0 Å². The van der Waals surface area contributed by atoms with Crippen LogP contribution in [0.15, 0.2) is 95.9 Å². The van der Waals surface area contributed by atoms with Gasteiger partial charge in [0.15, 0.2) is 16.6 Å². The van der Waals surface area contributed by atoms with Crippen LogP contribution < -0.4 is 0 Å². The minimum atomic E-state index is -4.01. The maximum Gasteiger partial charge on any atom is 0.210 e. The van der Waals surface area contributed by atoms with Crippen molar-refractivity contribution in [3.63, 3.8) is 0 Å². The Hall–Kier alpha value is -2.24. The maximum atomic E-state index is 15.1. The highest BCUT2D eigenvalue weighted by molar-refractivity contribution is 7.93. The Balaban J connectivity index is 1.33. The van der Waals surface area contributed by atoms with Crippen LogP contribution in [0.5, 0.6) is 0 Å². The fraction of sp³-hybridized carbons (Fsp3) is 0.617. The zero-order chi connectivity index (χ0) is 42.3. The zero-order valence-corrected chi connectivity index (χ0v) is 39.6. The van der Waals surface area contributed by atoms with Crippen LogP contribution >= 0.6 is 0 Å². The molecule has 0 amide bonds. The molecule has 12 heteroatoms. The first kappa shape index (κ1) is 46.3. The molecule has 0 N–H and O–H groups in total. The van der Waals surface area contributed by atoms with E-state index in [4.69, 9.17) is 32.5 Å². The standard InChI is InChI=1S/C47H70O9SSi2/c1-9-59(10-2,11-3)56-42-30-40(52-34-37-24-17-13-18-25-37)44(35-50-33-36-22-15-12-16-23-36)53-43(42)32-47(57(48,49)38-26-19-14-20-27-38)45(54-47)31-41-39(28-21-29-51-41)55-58(7,8)46(4,5)6/h12-20,22-27,39-45H,9-11,21,28-35H2,1-8H3/t39-,40-,41+,42+,43-,44+,45?,47?/m0/s1. The predicted octanol–water partition coefficient (Wildman–Crippen LogP) is 10.3.